The number of carbonyl (C=O) groups excluding carboxylic acids is 1. The Morgan fingerprint density at radius 3 is 2.62 bits per heavy atom. The Bertz CT molecular complexity index is 319. The van der Waals surface area contributed by atoms with Crippen molar-refractivity contribution in [2.75, 3.05) is 6.61 Å². The van der Waals surface area contributed by atoms with Crippen LogP contribution in [0.4, 0.5) is 0 Å². The van der Waals surface area contributed by atoms with Gasteiger partial charge in [-0.25, -0.2) is 0 Å². The van der Waals surface area contributed by atoms with Gasteiger partial charge in [0.25, 0.3) is 0 Å². The van der Waals surface area contributed by atoms with Crippen LogP contribution in [0.5, 0.6) is 0 Å². The van der Waals surface area contributed by atoms with Crippen LogP contribution in [0, 0.1) is 11.8 Å². The van der Waals surface area contributed by atoms with E-state index >= 15 is 0 Å². The van der Waals surface area contributed by atoms with Crippen molar-refractivity contribution >= 4 is 5.91 Å². The van der Waals surface area contributed by atoms with Gasteiger partial charge in [0.2, 0.25) is 5.91 Å². The van der Waals surface area contributed by atoms with Crippen molar-refractivity contribution in [2.24, 2.45) is 11.8 Å². The van der Waals surface area contributed by atoms with Gasteiger partial charge >= 0.3 is 0 Å². The van der Waals surface area contributed by atoms with E-state index in [-0.39, 0.29) is 24.3 Å². The summed E-state index contributed by atoms with van der Waals surface area (Å²) in [7, 11) is 0. The molecule has 4 heteroatoms. The maximum absolute atomic E-state index is 11.8. The lowest BCUT2D eigenvalue weighted by Crippen LogP contribution is -2.36. The molecular formula is C12H19NO3. The summed E-state index contributed by atoms with van der Waals surface area (Å²) in [4.78, 5) is 11.8. The van der Waals surface area contributed by atoms with Crippen LogP contribution in [-0.4, -0.2) is 17.6 Å². The lowest BCUT2D eigenvalue weighted by atomic mass is 9.97. The highest BCUT2D eigenvalue weighted by Crippen LogP contribution is 2.15. The fraction of sp³-hybridized carbons (Fsp3) is 0.583. The first-order chi connectivity index (χ1) is 7.56. The average molecular weight is 225 g/mol. The summed E-state index contributed by atoms with van der Waals surface area (Å²) in [6, 6.07) is 3.01. The van der Waals surface area contributed by atoms with Crippen molar-refractivity contribution in [3.05, 3.63) is 24.2 Å². The third kappa shape index (κ3) is 3.10. The van der Waals surface area contributed by atoms with E-state index < -0.39 is 6.04 Å². The molecule has 1 aromatic heterocycles. The third-order valence-electron chi connectivity index (χ3n) is 2.80. The van der Waals surface area contributed by atoms with E-state index in [0.717, 1.165) is 0 Å². The van der Waals surface area contributed by atoms with Crippen molar-refractivity contribution in [1.82, 2.24) is 5.32 Å². The smallest absolute Gasteiger partial charge is 0.223 e. The monoisotopic (exact) mass is 225 g/mol. The average Bonchev–Trinajstić information content (AvgIpc) is 2.77. The van der Waals surface area contributed by atoms with Crippen LogP contribution >= 0.6 is 0 Å². The van der Waals surface area contributed by atoms with Crippen molar-refractivity contribution in [1.29, 1.82) is 0 Å². The summed E-state index contributed by atoms with van der Waals surface area (Å²) in [5, 5.41) is 12.0. The zero-order chi connectivity index (χ0) is 12.1. The predicted octanol–water partition coefficient (Wildman–Crippen LogP) is 1.72. The lowest BCUT2D eigenvalue weighted by Gasteiger charge is -2.19. The minimum Gasteiger partial charge on any atom is -0.467 e. The van der Waals surface area contributed by atoms with Gasteiger partial charge in [-0.05, 0) is 18.1 Å². The Labute approximate surface area is 95.7 Å². The van der Waals surface area contributed by atoms with Crippen LogP contribution in [0.25, 0.3) is 0 Å². The topological polar surface area (TPSA) is 62.5 Å². The molecule has 0 aliphatic carbocycles. The number of furan rings is 1. The van der Waals surface area contributed by atoms with Gasteiger partial charge in [0, 0.05) is 5.92 Å². The van der Waals surface area contributed by atoms with Crippen LogP contribution in [0.15, 0.2) is 22.8 Å². The van der Waals surface area contributed by atoms with Gasteiger partial charge in [0.15, 0.2) is 0 Å². The quantitative estimate of drug-likeness (QED) is 0.802. The van der Waals surface area contributed by atoms with Gasteiger partial charge in [0.1, 0.15) is 11.8 Å². The molecule has 0 aliphatic heterocycles. The van der Waals surface area contributed by atoms with Gasteiger partial charge < -0.3 is 14.8 Å². The molecule has 0 aromatic carbocycles. The Morgan fingerprint density at radius 2 is 2.19 bits per heavy atom. The van der Waals surface area contributed by atoms with Crippen molar-refractivity contribution in [3.63, 3.8) is 0 Å². The molecular weight excluding hydrogens is 206 g/mol. The van der Waals surface area contributed by atoms with Crippen LogP contribution in [0.2, 0.25) is 0 Å². The van der Waals surface area contributed by atoms with E-state index in [1.165, 1.54) is 6.26 Å². The molecule has 2 atom stereocenters. The Kier molecular flexibility index (Phi) is 4.55. The van der Waals surface area contributed by atoms with Crippen LogP contribution < -0.4 is 5.32 Å². The summed E-state index contributed by atoms with van der Waals surface area (Å²) in [5.41, 5.74) is 0. The Balaban J connectivity index is 2.61. The predicted molar refractivity (Wildman–Crippen MR) is 60.7 cm³/mol. The van der Waals surface area contributed by atoms with E-state index in [9.17, 15) is 9.90 Å². The first-order valence-corrected chi connectivity index (χ1v) is 5.51. The number of aliphatic hydroxyl groups excluding tert-OH is 1. The van der Waals surface area contributed by atoms with E-state index in [2.05, 4.69) is 5.32 Å². The van der Waals surface area contributed by atoms with E-state index in [0.29, 0.717) is 5.76 Å². The summed E-state index contributed by atoms with van der Waals surface area (Å²) >= 11 is 0. The second-order valence-electron chi connectivity index (χ2n) is 4.29. The zero-order valence-corrected chi connectivity index (χ0v) is 9.93. The molecule has 0 fully saturated rings. The molecule has 2 N–H and O–H groups in total. The van der Waals surface area contributed by atoms with Crippen molar-refractivity contribution in [3.8, 4) is 0 Å². The van der Waals surface area contributed by atoms with Crippen molar-refractivity contribution < 1.29 is 14.3 Å². The lowest BCUT2D eigenvalue weighted by molar-refractivity contribution is -0.127. The number of aliphatic hydroxyl groups is 1. The number of carbonyl (C=O) groups is 1. The first kappa shape index (κ1) is 12.8. The molecule has 0 bridgehead atoms. The molecule has 0 saturated carbocycles. The van der Waals surface area contributed by atoms with E-state index in [4.69, 9.17) is 4.42 Å². The molecule has 1 heterocycles. The summed E-state index contributed by atoms with van der Waals surface area (Å²) in [5.74, 6) is 0.706. The number of amides is 1. The number of hydrogen-bond donors (Lipinski definition) is 2. The zero-order valence-electron chi connectivity index (χ0n) is 9.93. The summed E-state index contributed by atoms with van der Waals surface area (Å²) < 4.78 is 5.15. The molecule has 16 heavy (non-hydrogen) atoms. The van der Waals surface area contributed by atoms with Crippen molar-refractivity contribution in [2.45, 2.75) is 26.8 Å². The highest BCUT2D eigenvalue weighted by molar-refractivity contribution is 5.78. The molecule has 1 amide bonds. The van der Waals surface area contributed by atoms with Crippen LogP contribution in [0.3, 0.4) is 0 Å². The standard InChI is InChI=1S/C12H19NO3/c1-8(2)9(3)12(15)13-10(7-14)11-5-4-6-16-11/h4-6,8-10,14H,7H2,1-3H3,(H,13,15). The van der Waals surface area contributed by atoms with Gasteiger partial charge in [-0.2, -0.15) is 0 Å². The largest absolute Gasteiger partial charge is 0.467 e. The second kappa shape index (κ2) is 5.70. The molecule has 1 rings (SSSR count). The molecule has 1 aromatic rings. The van der Waals surface area contributed by atoms with E-state index in [1.54, 1.807) is 12.1 Å². The summed E-state index contributed by atoms with van der Waals surface area (Å²) in [6.07, 6.45) is 1.52. The maximum Gasteiger partial charge on any atom is 0.223 e. The number of rotatable bonds is 5. The second-order valence-corrected chi connectivity index (χ2v) is 4.29. The van der Waals surface area contributed by atoms with Crippen LogP contribution in [-0.2, 0) is 4.79 Å². The van der Waals surface area contributed by atoms with Gasteiger partial charge in [-0.1, -0.05) is 20.8 Å². The molecule has 0 spiro atoms. The number of nitrogens with one attached hydrogen (secondary N) is 1. The minimum atomic E-state index is -0.455. The number of hydrogen-bond acceptors (Lipinski definition) is 3. The Hall–Kier alpha value is -1.29. The third-order valence-corrected chi connectivity index (χ3v) is 2.80. The minimum absolute atomic E-state index is 0.0644. The Morgan fingerprint density at radius 1 is 1.50 bits per heavy atom. The van der Waals surface area contributed by atoms with Gasteiger partial charge in [-0.15, -0.1) is 0 Å². The highest BCUT2D eigenvalue weighted by atomic mass is 16.3. The van der Waals surface area contributed by atoms with Gasteiger partial charge in [0.05, 0.1) is 12.9 Å². The molecule has 0 radical (unpaired) electrons. The van der Waals surface area contributed by atoms with Crippen LogP contribution in [0.1, 0.15) is 32.6 Å². The molecule has 0 saturated heterocycles. The fourth-order valence-corrected chi connectivity index (χ4v) is 1.30. The maximum atomic E-state index is 11.8. The first-order valence-electron chi connectivity index (χ1n) is 5.51. The van der Waals surface area contributed by atoms with E-state index in [1.807, 2.05) is 20.8 Å². The fourth-order valence-electron chi connectivity index (χ4n) is 1.30. The molecule has 4 nitrogen and oxygen atoms in total. The molecule has 90 valence electrons. The van der Waals surface area contributed by atoms with Gasteiger partial charge in [-0.3, -0.25) is 4.79 Å². The SMILES string of the molecule is CC(C)C(C)C(=O)NC(CO)c1ccco1. The molecule has 2 unspecified atom stereocenters. The highest BCUT2D eigenvalue weighted by Gasteiger charge is 2.21. The normalized spacial score (nSPS) is 14.8. The molecule has 0 aliphatic rings. The summed E-state index contributed by atoms with van der Waals surface area (Å²) in [6.45, 7) is 5.69.